The summed E-state index contributed by atoms with van der Waals surface area (Å²) >= 11 is 0. The lowest BCUT2D eigenvalue weighted by molar-refractivity contribution is 0.309. The molecule has 0 spiro atoms. The first-order chi connectivity index (χ1) is 6.74. The highest BCUT2D eigenvalue weighted by atomic mass is 32.2. The highest BCUT2D eigenvalue weighted by Gasteiger charge is 1.96. The molecular weight excluding hydrogens is 200 g/mol. The summed E-state index contributed by atoms with van der Waals surface area (Å²) in [5.41, 5.74) is 0. The Morgan fingerprint density at radius 1 is 1.21 bits per heavy atom. The summed E-state index contributed by atoms with van der Waals surface area (Å²) in [5.74, 6) is 0.721. The third kappa shape index (κ3) is 3.38. The molecule has 0 heterocycles. The summed E-state index contributed by atoms with van der Waals surface area (Å²) in [6, 6.07) is 6.45. The molecule has 3 nitrogen and oxygen atoms in total. The molecule has 0 saturated heterocycles. The van der Waals surface area contributed by atoms with Crippen LogP contribution < -0.4 is 4.74 Å². The van der Waals surface area contributed by atoms with Crippen molar-refractivity contribution in [3.8, 4) is 5.75 Å². The summed E-state index contributed by atoms with van der Waals surface area (Å²) < 4.78 is 26.5. The Bertz CT molecular complexity index is 333. The molecule has 0 aliphatic carbocycles. The number of rotatable bonds is 5. The highest BCUT2D eigenvalue weighted by molar-refractivity contribution is 7.72. The van der Waals surface area contributed by atoms with Crippen LogP contribution in [0.5, 0.6) is 5.75 Å². The van der Waals surface area contributed by atoms with Crippen LogP contribution in [0.1, 0.15) is 19.8 Å². The van der Waals surface area contributed by atoms with Gasteiger partial charge in [0.05, 0.1) is 11.5 Å². The van der Waals surface area contributed by atoms with E-state index in [4.69, 9.17) is 4.74 Å². The Hall–Kier alpha value is -1.03. The lowest BCUT2D eigenvalue weighted by Crippen LogP contribution is -1.96. The van der Waals surface area contributed by atoms with Crippen LogP contribution in [0.4, 0.5) is 0 Å². The molecule has 0 atom stereocenters. The predicted molar refractivity (Wildman–Crippen MR) is 55.4 cm³/mol. The van der Waals surface area contributed by atoms with Crippen molar-refractivity contribution >= 4 is 10.7 Å². The van der Waals surface area contributed by atoms with Crippen LogP contribution in [0.3, 0.4) is 0 Å². The van der Waals surface area contributed by atoms with Crippen molar-refractivity contribution in [1.29, 1.82) is 0 Å². The lowest BCUT2D eigenvalue weighted by Gasteiger charge is -2.04. The molecule has 0 aliphatic heterocycles. The third-order valence-electron chi connectivity index (χ3n) is 1.81. The molecule has 1 rings (SSSR count). The summed E-state index contributed by atoms with van der Waals surface area (Å²) in [6.07, 6.45) is 2.10. The zero-order valence-electron chi connectivity index (χ0n) is 8.10. The molecule has 0 amide bonds. The Labute approximate surface area is 85.7 Å². The van der Waals surface area contributed by atoms with E-state index in [9.17, 15) is 8.42 Å². The number of unbranched alkanes of at least 4 members (excludes halogenated alkanes) is 1. The molecule has 14 heavy (non-hydrogen) atoms. The van der Waals surface area contributed by atoms with Crippen molar-refractivity contribution in [3.63, 3.8) is 0 Å². The largest absolute Gasteiger partial charge is 0.494 e. The van der Waals surface area contributed by atoms with Crippen LogP contribution >= 0.6 is 0 Å². The molecule has 78 valence electrons. The standard InChI is InChI=1S/C10H14O3S/c1-2-3-8-13-9-4-6-10(7-5-9)14(11)12/h4-7,14H,2-3,8H2,1H3. The Morgan fingerprint density at radius 3 is 2.36 bits per heavy atom. The van der Waals surface area contributed by atoms with E-state index < -0.39 is 10.7 Å². The van der Waals surface area contributed by atoms with Gasteiger partial charge in [-0.2, -0.15) is 0 Å². The zero-order valence-corrected chi connectivity index (χ0v) is 9.00. The van der Waals surface area contributed by atoms with E-state index in [0.717, 1.165) is 18.6 Å². The van der Waals surface area contributed by atoms with Gasteiger partial charge in [-0.15, -0.1) is 0 Å². The van der Waals surface area contributed by atoms with Crippen LogP contribution in [0.25, 0.3) is 0 Å². The van der Waals surface area contributed by atoms with Gasteiger partial charge in [-0.25, -0.2) is 8.42 Å². The van der Waals surface area contributed by atoms with Crippen molar-refractivity contribution in [2.24, 2.45) is 0 Å². The second-order valence-electron chi connectivity index (χ2n) is 2.95. The molecule has 0 bridgehead atoms. The summed E-state index contributed by atoms with van der Waals surface area (Å²) in [6.45, 7) is 2.77. The molecular formula is C10H14O3S. The quantitative estimate of drug-likeness (QED) is 0.600. The van der Waals surface area contributed by atoms with Crippen LogP contribution in [0, 0.1) is 0 Å². The fourth-order valence-corrected chi connectivity index (χ4v) is 1.39. The zero-order chi connectivity index (χ0) is 10.4. The fourth-order valence-electron chi connectivity index (χ4n) is 0.998. The molecule has 0 fully saturated rings. The monoisotopic (exact) mass is 214 g/mol. The maximum absolute atomic E-state index is 10.6. The summed E-state index contributed by atoms with van der Waals surface area (Å²) in [5, 5.41) is 0. The van der Waals surface area contributed by atoms with Crippen LogP contribution in [-0.2, 0) is 10.7 Å². The second kappa shape index (κ2) is 5.65. The maximum Gasteiger partial charge on any atom is 0.168 e. The smallest absolute Gasteiger partial charge is 0.168 e. The highest BCUT2D eigenvalue weighted by Crippen LogP contribution is 2.13. The van der Waals surface area contributed by atoms with E-state index in [2.05, 4.69) is 6.92 Å². The molecule has 0 unspecified atom stereocenters. The Morgan fingerprint density at radius 2 is 1.86 bits per heavy atom. The summed E-state index contributed by atoms with van der Waals surface area (Å²) in [7, 11) is -2.48. The normalized spacial score (nSPS) is 10.4. The van der Waals surface area contributed by atoms with Gasteiger partial charge in [0.2, 0.25) is 0 Å². The Kier molecular flexibility index (Phi) is 4.46. The first-order valence-electron chi connectivity index (χ1n) is 4.61. The van der Waals surface area contributed by atoms with Gasteiger partial charge >= 0.3 is 0 Å². The fraction of sp³-hybridized carbons (Fsp3) is 0.400. The van der Waals surface area contributed by atoms with E-state index >= 15 is 0 Å². The van der Waals surface area contributed by atoms with Crippen molar-refractivity contribution in [2.45, 2.75) is 24.7 Å². The number of thiol groups is 1. The topological polar surface area (TPSA) is 43.4 Å². The molecule has 0 aliphatic rings. The summed E-state index contributed by atoms with van der Waals surface area (Å²) in [4.78, 5) is 0.322. The third-order valence-corrected chi connectivity index (χ3v) is 2.53. The van der Waals surface area contributed by atoms with E-state index in [1.165, 1.54) is 0 Å². The SMILES string of the molecule is CCCCOc1ccc([SH](=O)=O)cc1. The molecule has 4 heteroatoms. The molecule has 0 radical (unpaired) electrons. The van der Waals surface area contributed by atoms with Gasteiger partial charge < -0.3 is 4.74 Å². The van der Waals surface area contributed by atoms with Crippen molar-refractivity contribution in [3.05, 3.63) is 24.3 Å². The van der Waals surface area contributed by atoms with Crippen molar-refractivity contribution in [2.75, 3.05) is 6.61 Å². The lowest BCUT2D eigenvalue weighted by atomic mass is 10.3. The van der Waals surface area contributed by atoms with Crippen LogP contribution in [0.15, 0.2) is 29.2 Å². The average molecular weight is 214 g/mol. The van der Waals surface area contributed by atoms with E-state index in [-0.39, 0.29) is 0 Å². The van der Waals surface area contributed by atoms with Gasteiger partial charge in [0.15, 0.2) is 10.7 Å². The average Bonchev–Trinajstić information content (AvgIpc) is 2.19. The van der Waals surface area contributed by atoms with Gasteiger partial charge in [-0.05, 0) is 30.7 Å². The van der Waals surface area contributed by atoms with Gasteiger partial charge in [-0.1, -0.05) is 13.3 Å². The van der Waals surface area contributed by atoms with E-state index in [1.54, 1.807) is 24.3 Å². The maximum atomic E-state index is 10.6. The van der Waals surface area contributed by atoms with Crippen molar-refractivity contribution in [1.82, 2.24) is 0 Å². The van der Waals surface area contributed by atoms with Crippen LogP contribution in [-0.4, -0.2) is 15.0 Å². The van der Waals surface area contributed by atoms with Crippen LogP contribution in [0.2, 0.25) is 0 Å². The second-order valence-corrected chi connectivity index (χ2v) is 3.98. The number of hydrogen-bond acceptors (Lipinski definition) is 3. The molecule has 0 saturated carbocycles. The molecule has 1 aromatic carbocycles. The van der Waals surface area contributed by atoms with E-state index in [1.807, 2.05) is 0 Å². The minimum atomic E-state index is -2.48. The van der Waals surface area contributed by atoms with E-state index in [0.29, 0.717) is 11.5 Å². The first kappa shape index (κ1) is 11.0. The Balaban J connectivity index is 2.55. The number of ether oxygens (including phenoxy) is 1. The minimum Gasteiger partial charge on any atom is -0.494 e. The van der Waals surface area contributed by atoms with Gasteiger partial charge in [-0.3, -0.25) is 0 Å². The number of benzene rings is 1. The molecule has 1 aromatic rings. The van der Waals surface area contributed by atoms with Gasteiger partial charge in [0, 0.05) is 0 Å². The predicted octanol–water partition coefficient (Wildman–Crippen LogP) is 1.84. The van der Waals surface area contributed by atoms with Crippen molar-refractivity contribution < 1.29 is 13.2 Å². The minimum absolute atomic E-state index is 0.322. The van der Waals surface area contributed by atoms with Gasteiger partial charge in [0.1, 0.15) is 5.75 Å². The molecule has 0 N–H and O–H groups in total. The molecule has 0 aromatic heterocycles. The first-order valence-corrected chi connectivity index (χ1v) is 5.79. The van der Waals surface area contributed by atoms with Gasteiger partial charge in [0.25, 0.3) is 0 Å². The number of hydrogen-bond donors (Lipinski definition) is 1.